The van der Waals surface area contributed by atoms with Crippen molar-refractivity contribution in [2.45, 2.75) is 20.4 Å². The fourth-order valence-electron chi connectivity index (χ4n) is 2.00. The van der Waals surface area contributed by atoms with Crippen LogP contribution in [0.4, 0.5) is 0 Å². The molecular weight excluding hydrogens is 242 g/mol. The summed E-state index contributed by atoms with van der Waals surface area (Å²) < 4.78 is 2.05. The van der Waals surface area contributed by atoms with E-state index in [1.54, 1.807) is 6.08 Å². The maximum atomic E-state index is 5.48. The molecule has 102 valence electrons. The van der Waals surface area contributed by atoms with Crippen molar-refractivity contribution in [3.05, 3.63) is 65.4 Å². The molecule has 0 unspecified atom stereocenters. The van der Waals surface area contributed by atoms with E-state index in [9.17, 15) is 0 Å². The number of aromatic nitrogens is 1. The molecule has 0 radical (unpaired) electrons. The highest BCUT2D eigenvalue weighted by Gasteiger charge is 2.06. The Kier molecular flexibility index (Phi) is 6.13. The lowest BCUT2D eigenvalue weighted by molar-refractivity contribution is 0.809. The van der Waals surface area contributed by atoms with Crippen molar-refractivity contribution in [2.24, 2.45) is 0 Å². The zero-order chi connectivity index (χ0) is 15.0. The Bertz CT molecular complexity index is 700. The zero-order valence-electron chi connectivity index (χ0n) is 12.3. The van der Waals surface area contributed by atoms with Crippen LogP contribution in [0.2, 0.25) is 0 Å². The highest BCUT2D eigenvalue weighted by Crippen LogP contribution is 2.13. The average molecular weight is 263 g/mol. The third kappa shape index (κ3) is 3.52. The predicted molar refractivity (Wildman–Crippen MR) is 90.3 cm³/mol. The number of allylic oxidation sites excluding steroid dienone is 7. The zero-order valence-corrected chi connectivity index (χ0v) is 12.3. The van der Waals surface area contributed by atoms with Crippen molar-refractivity contribution in [3.8, 4) is 12.3 Å². The first kappa shape index (κ1) is 15.6. The molecule has 0 aliphatic carbocycles. The molecule has 0 atom stereocenters. The van der Waals surface area contributed by atoms with Crippen LogP contribution < -0.4 is 10.6 Å². The van der Waals surface area contributed by atoms with Crippen LogP contribution in [0.15, 0.2) is 49.1 Å². The van der Waals surface area contributed by atoms with Gasteiger partial charge in [0.25, 0.3) is 0 Å². The average Bonchev–Trinajstić information content (AvgIpc) is 2.74. The fourth-order valence-corrected chi connectivity index (χ4v) is 2.00. The first-order chi connectivity index (χ1) is 9.69. The topological polar surface area (TPSA) is 4.93 Å². The Morgan fingerprint density at radius 2 is 2.15 bits per heavy atom. The molecule has 1 rings (SSSR count). The van der Waals surface area contributed by atoms with Gasteiger partial charge in [0.15, 0.2) is 0 Å². The van der Waals surface area contributed by atoms with Crippen molar-refractivity contribution in [2.75, 3.05) is 0 Å². The summed E-state index contributed by atoms with van der Waals surface area (Å²) in [4.78, 5) is 0. The van der Waals surface area contributed by atoms with Gasteiger partial charge in [-0.3, -0.25) is 0 Å². The van der Waals surface area contributed by atoms with E-state index in [0.29, 0.717) is 6.54 Å². The molecule has 0 amide bonds. The molecule has 0 saturated carbocycles. The number of hydrogen-bond acceptors (Lipinski definition) is 0. The minimum atomic E-state index is 0.504. The summed E-state index contributed by atoms with van der Waals surface area (Å²) in [6, 6.07) is 2.11. The van der Waals surface area contributed by atoms with Crippen LogP contribution in [-0.2, 0) is 6.54 Å². The van der Waals surface area contributed by atoms with Gasteiger partial charge in [-0.25, -0.2) is 0 Å². The predicted octanol–water partition coefficient (Wildman–Crippen LogP) is 3.03. The molecule has 1 aromatic heterocycles. The first-order valence-corrected chi connectivity index (χ1v) is 6.60. The molecule has 1 nitrogen and oxygen atoms in total. The molecule has 0 saturated heterocycles. The van der Waals surface area contributed by atoms with E-state index in [1.165, 1.54) is 0 Å². The molecule has 0 aliphatic heterocycles. The minimum absolute atomic E-state index is 0.504. The molecular formula is C19H21N. The van der Waals surface area contributed by atoms with E-state index in [4.69, 9.17) is 6.42 Å². The largest absolute Gasteiger partial charge is 0.329 e. The maximum Gasteiger partial charge on any atom is 0.0840 e. The Morgan fingerprint density at radius 3 is 2.70 bits per heavy atom. The fraction of sp³-hybridized carbons (Fsp3) is 0.158. The molecule has 1 heteroatoms. The summed E-state index contributed by atoms with van der Waals surface area (Å²) in [5.74, 6) is 2.69. The molecule has 0 spiro atoms. The number of rotatable bonds is 5. The van der Waals surface area contributed by atoms with Crippen molar-refractivity contribution >= 4 is 18.2 Å². The maximum absolute atomic E-state index is 5.48. The van der Waals surface area contributed by atoms with E-state index in [-0.39, 0.29) is 0 Å². The molecule has 0 aromatic carbocycles. The highest BCUT2D eigenvalue weighted by molar-refractivity contribution is 5.73. The monoisotopic (exact) mass is 263 g/mol. The van der Waals surface area contributed by atoms with Crippen LogP contribution in [0.25, 0.3) is 18.2 Å². The summed E-state index contributed by atoms with van der Waals surface area (Å²) in [7, 11) is 0. The Labute approximate surface area is 121 Å². The lowest BCUT2D eigenvalue weighted by Crippen LogP contribution is -2.27. The SMILES string of the molecule is C#CCn1c(C(/C=C\C)=C/C=C)c/c(=C/C=C\C)c1=C. The van der Waals surface area contributed by atoms with Gasteiger partial charge in [0.2, 0.25) is 0 Å². The van der Waals surface area contributed by atoms with Crippen LogP contribution in [0.1, 0.15) is 19.5 Å². The van der Waals surface area contributed by atoms with Gasteiger partial charge < -0.3 is 4.57 Å². The van der Waals surface area contributed by atoms with E-state index < -0.39 is 0 Å². The second kappa shape index (κ2) is 7.86. The van der Waals surface area contributed by atoms with Crippen LogP contribution in [0.5, 0.6) is 0 Å². The second-order valence-corrected chi connectivity index (χ2v) is 4.27. The molecule has 1 aromatic rings. The van der Waals surface area contributed by atoms with Crippen molar-refractivity contribution < 1.29 is 0 Å². The van der Waals surface area contributed by atoms with Crippen molar-refractivity contribution in [1.29, 1.82) is 0 Å². The van der Waals surface area contributed by atoms with Gasteiger partial charge in [0, 0.05) is 11.0 Å². The smallest absolute Gasteiger partial charge is 0.0840 e. The van der Waals surface area contributed by atoms with Gasteiger partial charge in [-0.15, -0.1) is 6.42 Å². The molecule has 1 heterocycles. The molecule has 0 fully saturated rings. The van der Waals surface area contributed by atoms with Crippen LogP contribution >= 0.6 is 0 Å². The van der Waals surface area contributed by atoms with E-state index in [0.717, 1.165) is 21.8 Å². The van der Waals surface area contributed by atoms with E-state index in [1.807, 2.05) is 54.9 Å². The minimum Gasteiger partial charge on any atom is -0.329 e. The van der Waals surface area contributed by atoms with Gasteiger partial charge in [-0.1, -0.05) is 61.6 Å². The van der Waals surface area contributed by atoms with Crippen LogP contribution in [0.3, 0.4) is 0 Å². The quantitative estimate of drug-likeness (QED) is 0.568. The van der Waals surface area contributed by atoms with Crippen molar-refractivity contribution in [3.63, 3.8) is 0 Å². The van der Waals surface area contributed by atoms with Gasteiger partial charge in [-0.05, 0) is 30.7 Å². The molecule has 0 bridgehead atoms. The summed E-state index contributed by atoms with van der Waals surface area (Å²) in [6.45, 7) is 12.4. The summed E-state index contributed by atoms with van der Waals surface area (Å²) in [6.07, 6.45) is 19.3. The van der Waals surface area contributed by atoms with Gasteiger partial charge in [-0.2, -0.15) is 0 Å². The highest BCUT2D eigenvalue weighted by atomic mass is 15.0. The third-order valence-corrected chi connectivity index (χ3v) is 2.90. The lowest BCUT2D eigenvalue weighted by atomic mass is 10.1. The van der Waals surface area contributed by atoms with Gasteiger partial charge in [0.05, 0.1) is 6.54 Å². The summed E-state index contributed by atoms with van der Waals surface area (Å²) >= 11 is 0. The van der Waals surface area contributed by atoms with Crippen LogP contribution in [0, 0.1) is 12.3 Å². The Morgan fingerprint density at radius 1 is 1.40 bits per heavy atom. The summed E-state index contributed by atoms with van der Waals surface area (Å²) in [5, 5.41) is 2.00. The van der Waals surface area contributed by atoms with E-state index >= 15 is 0 Å². The lowest BCUT2D eigenvalue weighted by Gasteiger charge is -2.06. The molecule has 0 N–H and O–H groups in total. The summed E-state index contributed by atoms with van der Waals surface area (Å²) in [5.41, 5.74) is 2.13. The number of terminal acetylenes is 1. The Hall–Kier alpha value is -2.46. The normalized spacial score (nSPS) is 13.2. The Balaban J connectivity index is 3.61. The first-order valence-electron chi connectivity index (χ1n) is 6.60. The van der Waals surface area contributed by atoms with E-state index in [2.05, 4.69) is 25.1 Å². The van der Waals surface area contributed by atoms with Crippen LogP contribution in [-0.4, -0.2) is 4.57 Å². The number of nitrogens with zero attached hydrogens (tertiary/aromatic N) is 1. The number of hydrogen-bond donors (Lipinski definition) is 0. The molecule has 0 aliphatic rings. The second-order valence-electron chi connectivity index (χ2n) is 4.27. The van der Waals surface area contributed by atoms with Crippen molar-refractivity contribution in [1.82, 2.24) is 4.57 Å². The standard InChI is InChI=1S/C19H21N/c1-6-10-13-18-15-19(17(11-7-2)12-8-3)20(14-9-4)16(18)5/h4,6-8,10-13,15H,2,5,14H2,1,3H3/b10-6-,12-8-,17-11+,18-13-. The molecule has 20 heavy (non-hydrogen) atoms. The third-order valence-electron chi connectivity index (χ3n) is 2.90. The van der Waals surface area contributed by atoms with Gasteiger partial charge >= 0.3 is 0 Å². The van der Waals surface area contributed by atoms with Gasteiger partial charge in [0.1, 0.15) is 0 Å².